The molecule has 0 spiro atoms. The van der Waals surface area contributed by atoms with Crippen LogP contribution in [0.3, 0.4) is 0 Å². The Morgan fingerprint density at radius 2 is 2.00 bits per heavy atom. The van der Waals surface area contributed by atoms with Crippen molar-refractivity contribution in [2.24, 2.45) is 0 Å². The minimum atomic E-state index is -0.377. The Balaban J connectivity index is 1.55. The molecule has 27 heavy (non-hydrogen) atoms. The topological polar surface area (TPSA) is 65.4 Å². The highest BCUT2D eigenvalue weighted by Gasteiger charge is 2.37. The summed E-state index contributed by atoms with van der Waals surface area (Å²) in [5, 5.41) is 7.64. The highest BCUT2D eigenvalue weighted by atomic mass is 16.5. The number of para-hydroxylation sites is 1. The molecule has 144 valence electrons. The summed E-state index contributed by atoms with van der Waals surface area (Å²) in [6.45, 7) is 7.59. The molecular formula is C21H27N3O3. The fourth-order valence-electron chi connectivity index (χ4n) is 4.10. The number of aromatic nitrogens is 2. The van der Waals surface area contributed by atoms with E-state index >= 15 is 0 Å². The Morgan fingerprint density at radius 1 is 1.26 bits per heavy atom. The predicted molar refractivity (Wildman–Crippen MR) is 103 cm³/mol. The number of fused-ring (bicyclic) bond motifs is 1. The van der Waals surface area contributed by atoms with Gasteiger partial charge in [-0.15, -0.1) is 0 Å². The minimum Gasteiger partial charge on any atom is -0.488 e. The summed E-state index contributed by atoms with van der Waals surface area (Å²) in [5.41, 5.74) is 2.35. The fraction of sp³-hybridized carbons (Fsp3) is 0.524. The second kappa shape index (κ2) is 7.00. The van der Waals surface area contributed by atoms with E-state index in [0.29, 0.717) is 12.5 Å². The standard InChI is InChI=1S/C21H27N3O3/c1-14-18(13-22-24(14)15-8-10-26-11-9-15)23-20(25)17-12-21(2,3)27-19-7-5-4-6-16(17)19/h4-7,13,15,17H,8-12H2,1-3H3,(H,23,25). The van der Waals surface area contributed by atoms with Gasteiger partial charge in [0.25, 0.3) is 0 Å². The molecule has 2 aromatic rings. The molecule has 1 aromatic heterocycles. The summed E-state index contributed by atoms with van der Waals surface area (Å²) >= 11 is 0. The summed E-state index contributed by atoms with van der Waals surface area (Å²) in [6.07, 6.45) is 4.32. The largest absolute Gasteiger partial charge is 0.488 e. The van der Waals surface area contributed by atoms with E-state index in [9.17, 15) is 4.79 Å². The van der Waals surface area contributed by atoms with Crippen molar-refractivity contribution in [2.75, 3.05) is 18.5 Å². The van der Waals surface area contributed by atoms with E-state index in [4.69, 9.17) is 9.47 Å². The number of hydrogen-bond acceptors (Lipinski definition) is 4. The second-order valence-corrected chi connectivity index (χ2v) is 8.08. The van der Waals surface area contributed by atoms with Gasteiger partial charge in [-0.05, 0) is 39.7 Å². The van der Waals surface area contributed by atoms with E-state index in [1.54, 1.807) is 6.20 Å². The molecule has 0 bridgehead atoms. The van der Waals surface area contributed by atoms with Crippen LogP contribution in [0.4, 0.5) is 5.69 Å². The number of hydrogen-bond donors (Lipinski definition) is 1. The summed E-state index contributed by atoms with van der Waals surface area (Å²) in [7, 11) is 0. The normalized spacial score (nSPS) is 22.0. The van der Waals surface area contributed by atoms with E-state index in [1.165, 1.54) is 0 Å². The third-order valence-corrected chi connectivity index (χ3v) is 5.53. The van der Waals surface area contributed by atoms with Gasteiger partial charge < -0.3 is 14.8 Å². The van der Waals surface area contributed by atoms with Crippen molar-refractivity contribution in [3.63, 3.8) is 0 Å². The van der Waals surface area contributed by atoms with E-state index in [1.807, 2.05) is 49.7 Å². The van der Waals surface area contributed by atoms with Crippen LogP contribution in [0.25, 0.3) is 0 Å². The lowest BCUT2D eigenvalue weighted by molar-refractivity contribution is -0.119. The Labute approximate surface area is 159 Å². The number of amides is 1. The molecule has 4 rings (SSSR count). The van der Waals surface area contributed by atoms with Gasteiger partial charge in [-0.3, -0.25) is 9.48 Å². The molecule has 2 aliphatic rings. The van der Waals surface area contributed by atoms with Crippen LogP contribution in [0.15, 0.2) is 30.5 Å². The number of anilines is 1. The van der Waals surface area contributed by atoms with Crippen molar-refractivity contribution in [3.05, 3.63) is 41.7 Å². The minimum absolute atomic E-state index is 0.00606. The molecule has 0 saturated carbocycles. The first-order valence-corrected chi connectivity index (χ1v) is 9.65. The molecule has 1 aromatic carbocycles. The number of nitrogens with one attached hydrogen (secondary N) is 1. The molecule has 1 saturated heterocycles. The van der Waals surface area contributed by atoms with Gasteiger partial charge >= 0.3 is 0 Å². The Bertz CT molecular complexity index is 837. The zero-order valence-corrected chi connectivity index (χ0v) is 16.2. The van der Waals surface area contributed by atoms with Gasteiger partial charge in [0.2, 0.25) is 5.91 Å². The molecule has 6 heteroatoms. The monoisotopic (exact) mass is 369 g/mol. The molecule has 6 nitrogen and oxygen atoms in total. The van der Waals surface area contributed by atoms with Crippen molar-refractivity contribution >= 4 is 11.6 Å². The lowest BCUT2D eigenvalue weighted by Crippen LogP contribution is -2.38. The first-order chi connectivity index (χ1) is 12.9. The maximum absolute atomic E-state index is 13.1. The summed E-state index contributed by atoms with van der Waals surface area (Å²) in [5.74, 6) is 0.549. The SMILES string of the molecule is Cc1c(NC(=O)C2CC(C)(C)Oc3ccccc32)cnn1C1CCOCC1. The quantitative estimate of drug-likeness (QED) is 0.893. The average Bonchev–Trinajstić information content (AvgIpc) is 3.01. The van der Waals surface area contributed by atoms with Gasteiger partial charge in [0, 0.05) is 25.2 Å². The van der Waals surface area contributed by atoms with Crippen LogP contribution < -0.4 is 10.1 Å². The van der Waals surface area contributed by atoms with Crippen LogP contribution in [-0.4, -0.2) is 34.5 Å². The zero-order valence-electron chi connectivity index (χ0n) is 16.2. The van der Waals surface area contributed by atoms with Crippen LogP contribution >= 0.6 is 0 Å². The van der Waals surface area contributed by atoms with E-state index in [2.05, 4.69) is 10.4 Å². The lowest BCUT2D eigenvalue weighted by Gasteiger charge is -2.36. The maximum atomic E-state index is 13.1. The van der Waals surface area contributed by atoms with Crippen molar-refractivity contribution in [1.29, 1.82) is 0 Å². The lowest BCUT2D eigenvalue weighted by atomic mass is 9.84. The average molecular weight is 369 g/mol. The fourth-order valence-corrected chi connectivity index (χ4v) is 4.10. The van der Waals surface area contributed by atoms with Crippen LogP contribution in [0.1, 0.15) is 56.3 Å². The summed E-state index contributed by atoms with van der Waals surface area (Å²) in [6, 6.07) is 8.15. The van der Waals surface area contributed by atoms with Crippen LogP contribution in [0.2, 0.25) is 0 Å². The molecular weight excluding hydrogens is 342 g/mol. The first kappa shape index (κ1) is 18.0. The third-order valence-electron chi connectivity index (χ3n) is 5.53. The Hall–Kier alpha value is -2.34. The highest BCUT2D eigenvalue weighted by molar-refractivity contribution is 5.96. The molecule has 0 aliphatic carbocycles. The zero-order chi connectivity index (χ0) is 19.0. The van der Waals surface area contributed by atoms with Gasteiger partial charge in [-0.25, -0.2) is 0 Å². The molecule has 1 N–H and O–H groups in total. The van der Waals surface area contributed by atoms with Gasteiger partial charge in [-0.1, -0.05) is 18.2 Å². The summed E-state index contributed by atoms with van der Waals surface area (Å²) in [4.78, 5) is 13.1. The van der Waals surface area contributed by atoms with Crippen molar-refractivity contribution < 1.29 is 14.3 Å². The van der Waals surface area contributed by atoms with Crippen molar-refractivity contribution in [3.8, 4) is 5.75 Å². The van der Waals surface area contributed by atoms with Crippen LogP contribution in [0.5, 0.6) is 5.75 Å². The molecule has 2 aliphatic heterocycles. The van der Waals surface area contributed by atoms with E-state index in [-0.39, 0.29) is 17.4 Å². The predicted octanol–water partition coefficient (Wildman–Crippen LogP) is 3.83. The van der Waals surface area contributed by atoms with Gasteiger partial charge in [0.05, 0.1) is 29.5 Å². The number of carbonyl (C=O) groups is 1. The van der Waals surface area contributed by atoms with E-state index in [0.717, 1.165) is 48.7 Å². The second-order valence-electron chi connectivity index (χ2n) is 8.08. The number of carbonyl (C=O) groups excluding carboxylic acids is 1. The molecule has 1 atom stereocenters. The van der Waals surface area contributed by atoms with Gasteiger partial charge in [0.1, 0.15) is 11.4 Å². The van der Waals surface area contributed by atoms with Gasteiger partial charge in [0.15, 0.2) is 0 Å². The number of rotatable bonds is 3. The summed E-state index contributed by atoms with van der Waals surface area (Å²) < 4.78 is 13.5. The first-order valence-electron chi connectivity index (χ1n) is 9.65. The van der Waals surface area contributed by atoms with Crippen molar-refractivity contribution in [1.82, 2.24) is 9.78 Å². The molecule has 1 unspecified atom stereocenters. The van der Waals surface area contributed by atoms with Crippen molar-refractivity contribution in [2.45, 2.75) is 57.6 Å². The van der Waals surface area contributed by atoms with Crippen LogP contribution in [0, 0.1) is 6.92 Å². The highest BCUT2D eigenvalue weighted by Crippen LogP contribution is 2.41. The number of nitrogens with zero attached hydrogens (tertiary/aromatic N) is 2. The Morgan fingerprint density at radius 3 is 2.78 bits per heavy atom. The molecule has 0 radical (unpaired) electrons. The third kappa shape index (κ3) is 3.58. The smallest absolute Gasteiger partial charge is 0.232 e. The number of ether oxygens (including phenoxy) is 2. The Kier molecular flexibility index (Phi) is 4.68. The van der Waals surface area contributed by atoms with E-state index < -0.39 is 0 Å². The molecule has 1 fully saturated rings. The molecule has 3 heterocycles. The molecule has 1 amide bonds. The maximum Gasteiger partial charge on any atom is 0.232 e. The van der Waals surface area contributed by atoms with Gasteiger partial charge in [-0.2, -0.15) is 5.10 Å². The van der Waals surface area contributed by atoms with Crippen LogP contribution in [-0.2, 0) is 9.53 Å². The number of benzene rings is 1.